The van der Waals surface area contributed by atoms with Gasteiger partial charge in [0.05, 0.1) is 36.5 Å². The topological polar surface area (TPSA) is 88.9 Å². The molecule has 1 saturated carbocycles. The third-order valence-electron chi connectivity index (χ3n) is 10.3. The number of nitrogens with one attached hydrogen (secondary N) is 1. The van der Waals surface area contributed by atoms with Crippen LogP contribution >= 0.6 is 0 Å². The molecule has 2 aromatic carbocycles. The summed E-state index contributed by atoms with van der Waals surface area (Å²) in [5, 5.41) is 8.56. The van der Waals surface area contributed by atoms with Crippen molar-refractivity contribution in [3.63, 3.8) is 0 Å². The highest BCUT2D eigenvalue weighted by molar-refractivity contribution is 6.05. The zero-order valence-corrected chi connectivity index (χ0v) is 28.7. The number of amides is 2. The number of rotatable bonds is 7. The molecule has 6 rings (SSSR count). The van der Waals surface area contributed by atoms with Gasteiger partial charge in [0.2, 0.25) is 0 Å². The number of likely N-dealkylation sites (tertiary alicyclic amines) is 1. The molecule has 47 heavy (non-hydrogen) atoms. The lowest BCUT2D eigenvalue weighted by molar-refractivity contribution is 0.00361. The lowest BCUT2D eigenvalue weighted by Crippen LogP contribution is -2.50. The maximum atomic E-state index is 14.6. The van der Waals surface area contributed by atoms with Gasteiger partial charge in [-0.2, -0.15) is 5.10 Å². The molecule has 3 fully saturated rings. The van der Waals surface area contributed by atoms with Crippen LogP contribution in [-0.4, -0.2) is 88.2 Å². The molecule has 1 aliphatic carbocycles. The Morgan fingerprint density at radius 2 is 1.85 bits per heavy atom. The second-order valence-corrected chi connectivity index (χ2v) is 15.0. The molecule has 3 aromatic rings. The van der Waals surface area contributed by atoms with Crippen molar-refractivity contribution in [1.29, 1.82) is 0 Å². The molecule has 2 saturated heterocycles. The van der Waals surface area contributed by atoms with Crippen LogP contribution < -0.4 is 5.32 Å². The summed E-state index contributed by atoms with van der Waals surface area (Å²) in [6.07, 6.45) is 6.89. The largest absolute Gasteiger partial charge is 0.444 e. The van der Waals surface area contributed by atoms with Gasteiger partial charge in [-0.15, -0.1) is 0 Å². The van der Waals surface area contributed by atoms with Crippen LogP contribution in [0.25, 0.3) is 22.0 Å². The van der Waals surface area contributed by atoms with Crippen LogP contribution in [0.5, 0.6) is 0 Å². The molecule has 2 amide bonds. The lowest BCUT2D eigenvalue weighted by Gasteiger charge is -2.45. The first-order chi connectivity index (χ1) is 22.4. The van der Waals surface area contributed by atoms with Crippen LogP contribution in [0.15, 0.2) is 36.5 Å². The summed E-state index contributed by atoms with van der Waals surface area (Å²) in [5.74, 6) is 0.425. The second-order valence-electron chi connectivity index (χ2n) is 15.0. The van der Waals surface area contributed by atoms with E-state index in [9.17, 15) is 14.0 Å². The first-order valence-corrected chi connectivity index (χ1v) is 17.2. The zero-order chi connectivity index (χ0) is 33.5. The maximum absolute atomic E-state index is 14.6. The minimum atomic E-state index is -0.484. The van der Waals surface area contributed by atoms with Crippen LogP contribution in [0.2, 0.25) is 0 Å². The van der Waals surface area contributed by atoms with Crippen LogP contribution in [0.4, 0.5) is 9.18 Å². The van der Waals surface area contributed by atoms with E-state index in [1.54, 1.807) is 11.0 Å². The fourth-order valence-corrected chi connectivity index (χ4v) is 7.57. The molecule has 0 spiro atoms. The molecule has 254 valence electrons. The Morgan fingerprint density at radius 3 is 2.55 bits per heavy atom. The average Bonchev–Trinajstić information content (AvgIpc) is 3.36. The number of hydrogen-bond acceptors (Lipinski definition) is 6. The lowest BCUT2D eigenvalue weighted by atomic mass is 9.81. The predicted molar refractivity (Wildman–Crippen MR) is 181 cm³/mol. The van der Waals surface area contributed by atoms with E-state index in [0.717, 1.165) is 67.2 Å². The zero-order valence-electron chi connectivity index (χ0n) is 28.7. The molecule has 1 unspecified atom stereocenters. The van der Waals surface area contributed by atoms with Crippen molar-refractivity contribution < 1.29 is 23.5 Å². The Hall–Kier alpha value is -3.50. The van der Waals surface area contributed by atoms with Gasteiger partial charge in [-0.25, -0.2) is 9.18 Å². The van der Waals surface area contributed by atoms with Crippen molar-refractivity contribution in [2.45, 2.75) is 96.4 Å². The van der Waals surface area contributed by atoms with Crippen molar-refractivity contribution in [2.75, 3.05) is 32.8 Å². The van der Waals surface area contributed by atoms with Gasteiger partial charge in [0, 0.05) is 50.1 Å². The summed E-state index contributed by atoms with van der Waals surface area (Å²) in [7, 11) is 1.94. The standard InChI is InChI=1S/C37H50FN5O4/c1-23(15-25-7-10-29(11-8-25)40-36(45)47-37(3,4)5)42-20-27(21-42)26-16-31(33-19-39-41(6)34(33)17-26)30-12-9-28(38)18-32(30)35(44)43-13-14-46-22-24(43)2/h9,12,16-19,23-25,27,29H,7-8,10-11,13-15,20-22H2,1-6H3,(H,40,45)/t23?,24-,25?,29?/m1/s1. The molecule has 2 atom stereocenters. The molecule has 10 heteroatoms. The van der Waals surface area contributed by atoms with E-state index in [4.69, 9.17) is 9.47 Å². The number of hydrogen-bond donors (Lipinski definition) is 1. The molecule has 3 aliphatic rings. The smallest absolute Gasteiger partial charge is 0.407 e. The van der Waals surface area contributed by atoms with Gasteiger partial charge in [-0.05, 0) is 114 Å². The number of fused-ring (bicyclic) bond motifs is 1. The quantitative estimate of drug-likeness (QED) is 0.315. The van der Waals surface area contributed by atoms with Crippen LogP contribution in [-0.2, 0) is 16.5 Å². The number of morpholine rings is 1. The Morgan fingerprint density at radius 1 is 1.11 bits per heavy atom. The van der Waals surface area contributed by atoms with E-state index in [-0.39, 0.29) is 24.1 Å². The number of benzene rings is 2. The molecule has 1 aromatic heterocycles. The molecule has 9 nitrogen and oxygen atoms in total. The first-order valence-electron chi connectivity index (χ1n) is 17.2. The monoisotopic (exact) mass is 647 g/mol. The van der Waals surface area contributed by atoms with E-state index in [2.05, 4.69) is 34.4 Å². The summed E-state index contributed by atoms with van der Waals surface area (Å²) in [6.45, 7) is 13.3. The van der Waals surface area contributed by atoms with Gasteiger partial charge in [-0.1, -0.05) is 6.07 Å². The molecular weight excluding hydrogens is 597 g/mol. The number of aromatic nitrogens is 2. The highest BCUT2D eigenvalue weighted by Crippen LogP contribution is 2.39. The number of ether oxygens (including phenoxy) is 2. The van der Waals surface area contributed by atoms with Gasteiger partial charge in [0.15, 0.2) is 0 Å². The number of carbonyl (C=O) groups is 2. The highest BCUT2D eigenvalue weighted by Gasteiger charge is 2.35. The minimum absolute atomic E-state index is 0.0796. The van der Waals surface area contributed by atoms with Crippen LogP contribution in [0.1, 0.15) is 88.6 Å². The summed E-state index contributed by atoms with van der Waals surface area (Å²) in [5.41, 5.74) is 3.76. The third-order valence-corrected chi connectivity index (χ3v) is 10.3. The summed E-state index contributed by atoms with van der Waals surface area (Å²) in [4.78, 5) is 30.4. The van der Waals surface area contributed by atoms with Crippen molar-refractivity contribution in [2.24, 2.45) is 13.0 Å². The van der Waals surface area contributed by atoms with Crippen molar-refractivity contribution >= 4 is 22.9 Å². The van der Waals surface area contributed by atoms with Gasteiger partial charge in [0.25, 0.3) is 5.91 Å². The maximum Gasteiger partial charge on any atom is 0.407 e. The van der Waals surface area contributed by atoms with Crippen LogP contribution in [0, 0.1) is 11.7 Å². The number of carbonyl (C=O) groups excluding carboxylic acids is 2. The van der Waals surface area contributed by atoms with Crippen molar-refractivity contribution in [3.05, 3.63) is 53.5 Å². The third kappa shape index (κ3) is 7.49. The van der Waals surface area contributed by atoms with E-state index in [1.165, 1.54) is 17.7 Å². The molecule has 0 bridgehead atoms. The molecule has 1 N–H and O–H groups in total. The SMILES string of the molecule is CC(CC1CCC(NC(=O)OC(C)(C)C)CC1)N1CC(c2cc(-c3ccc(F)cc3C(=O)N3CCOC[C@H]3C)c3cnn(C)c3c2)C1. The number of halogens is 1. The Labute approximate surface area is 277 Å². The van der Waals surface area contributed by atoms with E-state index < -0.39 is 11.4 Å². The molecule has 3 heterocycles. The number of alkyl carbamates (subject to hydrolysis) is 1. The first kappa shape index (κ1) is 33.4. The fourth-order valence-electron chi connectivity index (χ4n) is 7.57. The van der Waals surface area contributed by atoms with E-state index in [0.29, 0.717) is 43.2 Å². The Bertz CT molecular complexity index is 1600. The van der Waals surface area contributed by atoms with E-state index >= 15 is 0 Å². The van der Waals surface area contributed by atoms with Gasteiger partial charge < -0.3 is 19.7 Å². The molecule has 2 aliphatic heterocycles. The van der Waals surface area contributed by atoms with E-state index in [1.807, 2.05) is 45.6 Å². The second kappa shape index (κ2) is 13.5. The Balaban J connectivity index is 1.13. The summed E-state index contributed by atoms with van der Waals surface area (Å²) >= 11 is 0. The number of aryl methyl sites for hydroxylation is 1. The molecule has 0 radical (unpaired) electrons. The summed E-state index contributed by atoms with van der Waals surface area (Å²) in [6, 6.07) is 9.57. The highest BCUT2D eigenvalue weighted by atomic mass is 19.1. The van der Waals surface area contributed by atoms with Crippen molar-refractivity contribution in [3.8, 4) is 11.1 Å². The van der Waals surface area contributed by atoms with Gasteiger partial charge in [-0.3, -0.25) is 14.4 Å². The normalized spacial score (nSPS) is 23.4. The number of nitrogens with zero attached hydrogens (tertiary/aromatic N) is 4. The fraction of sp³-hybridized carbons (Fsp3) is 0.595. The molecular formula is C37H50FN5O4. The minimum Gasteiger partial charge on any atom is -0.444 e. The van der Waals surface area contributed by atoms with Crippen LogP contribution in [0.3, 0.4) is 0 Å². The van der Waals surface area contributed by atoms with Gasteiger partial charge >= 0.3 is 6.09 Å². The van der Waals surface area contributed by atoms with Gasteiger partial charge in [0.1, 0.15) is 11.4 Å². The average molecular weight is 648 g/mol. The summed E-state index contributed by atoms with van der Waals surface area (Å²) < 4.78 is 27.5. The van der Waals surface area contributed by atoms with Crippen molar-refractivity contribution in [1.82, 2.24) is 24.9 Å². The Kier molecular flexibility index (Phi) is 9.63. The predicted octanol–water partition coefficient (Wildman–Crippen LogP) is 6.50.